The van der Waals surface area contributed by atoms with Crippen molar-refractivity contribution in [3.8, 4) is 0 Å². The van der Waals surface area contributed by atoms with Gasteiger partial charge in [0.15, 0.2) is 0 Å². The number of hydrogen-bond acceptors (Lipinski definition) is 3. The van der Waals surface area contributed by atoms with Crippen LogP contribution >= 0.6 is 0 Å². The maximum atomic E-state index is 10.9. The lowest BCUT2D eigenvalue weighted by Crippen LogP contribution is -2.20. The molecule has 0 unspecified atom stereocenters. The van der Waals surface area contributed by atoms with E-state index in [1.54, 1.807) is 0 Å². The second kappa shape index (κ2) is 5.45. The number of primary amides is 1. The number of carbonyl (C=O) groups is 3. The van der Waals surface area contributed by atoms with E-state index in [0.29, 0.717) is 12.8 Å². The summed E-state index contributed by atoms with van der Waals surface area (Å²) in [6.45, 7) is 2.77. The van der Waals surface area contributed by atoms with Gasteiger partial charge in [-0.3, -0.25) is 14.4 Å². The smallest absolute Gasteiger partial charge is 0.217 e. The zero-order valence-corrected chi connectivity index (χ0v) is 8.00. The van der Waals surface area contributed by atoms with Gasteiger partial charge in [-0.25, -0.2) is 0 Å². The SMILES string of the molecule is CC(=O)C(CCCC(N)=O)C(C)=O. The third-order valence-corrected chi connectivity index (χ3v) is 1.90. The Bertz CT molecular complexity index is 209. The molecule has 0 aliphatic heterocycles. The Balaban J connectivity index is 3.91. The zero-order valence-electron chi connectivity index (χ0n) is 8.00. The molecule has 0 aromatic rings. The number of hydrogen-bond donors (Lipinski definition) is 1. The lowest BCUT2D eigenvalue weighted by Gasteiger charge is -2.08. The van der Waals surface area contributed by atoms with Crippen molar-refractivity contribution in [2.45, 2.75) is 33.1 Å². The second-order valence-electron chi connectivity index (χ2n) is 3.13. The highest BCUT2D eigenvalue weighted by Gasteiger charge is 2.18. The van der Waals surface area contributed by atoms with E-state index in [-0.39, 0.29) is 18.0 Å². The summed E-state index contributed by atoms with van der Waals surface area (Å²) in [7, 11) is 0. The largest absolute Gasteiger partial charge is 0.370 e. The fraction of sp³-hybridized carbons (Fsp3) is 0.667. The van der Waals surface area contributed by atoms with Crippen LogP contribution in [0, 0.1) is 5.92 Å². The molecule has 0 saturated heterocycles. The second-order valence-corrected chi connectivity index (χ2v) is 3.13. The standard InChI is InChI=1S/C9H15NO3/c1-6(11)8(7(2)12)4-3-5-9(10)13/h8H,3-5H2,1-2H3,(H2,10,13). The van der Waals surface area contributed by atoms with Crippen molar-refractivity contribution >= 4 is 17.5 Å². The van der Waals surface area contributed by atoms with Gasteiger partial charge in [0.2, 0.25) is 5.91 Å². The molecule has 0 fully saturated rings. The quantitative estimate of drug-likeness (QED) is 0.610. The molecule has 1 amide bonds. The third-order valence-electron chi connectivity index (χ3n) is 1.90. The van der Waals surface area contributed by atoms with Crippen LogP contribution in [0.3, 0.4) is 0 Å². The van der Waals surface area contributed by atoms with Crippen LogP contribution in [0.4, 0.5) is 0 Å². The van der Waals surface area contributed by atoms with Crippen LogP contribution < -0.4 is 5.73 Å². The van der Waals surface area contributed by atoms with Gasteiger partial charge < -0.3 is 5.73 Å². The zero-order chi connectivity index (χ0) is 10.4. The number of carbonyl (C=O) groups excluding carboxylic acids is 3. The Labute approximate surface area is 77.5 Å². The van der Waals surface area contributed by atoms with Crippen molar-refractivity contribution in [3.63, 3.8) is 0 Å². The van der Waals surface area contributed by atoms with Gasteiger partial charge in [0.05, 0.1) is 5.92 Å². The predicted molar refractivity (Wildman–Crippen MR) is 47.9 cm³/mol. The molecule has 0 aromatic heterocycles. The van der Waals surface area contributed by atoms with Crippen LogP contribution in [0.25, 0.3) is 0 Å². The molecule has 0 atom stereocenters. The molecule has 0 radical (unpaired) electrons. The highest BCUT2D eigenvalue weighted by Crippen LogP contribution is 2.10. The van der Waals surface area contributed by atoms with Crippen molar-refractivity contribution in [1.82, 2.24) is 0 Å². The van der Waals surface area contributed by atoms with Crippen molar-refractivity contribution in [1.29, 1.82) is 0 Å². The first-order valence-corrected chi connectivity index (χ1v) is 4.24. The lowest BCUT2D eigenvalue weighted by molar-refractivity contribution is -0.131. The summed E-state index contributed by atoms with van der Waals surface area (Å²) in [6.07, 6.45) is 1.16. The first-order valence-electron chi connectivity index (χ1n) is 4.24. The van der Waals surface area contributed by atoms with Gasteiger partial charge in [-0.05, 0) is 26.7 Å². The molecular weight excluding hydrogens is 170 g/mol. The molecule has 74 valence electrons. The van der Waals surface area contributed by atoms with Gasteiger partial charge in [0.1, 0.15) is 11.6 Å². The Morgan fingerprint density at radius 3 is 1.92 bits per heavy atom. The summed E-state index contributed by atoms with van der Waals surface area (Å²) >= 11 is 0. The fourth-order valence-electron chi connectivity index (χ4n) is 1.17. The van der Waals surface area contributed by atoms with Gasteiger partial charge in [-0.1, -0.05) is 0 Å². The third kappa shape index (κ3) is 5.11. The molecule has 0 bridgehead atoms. The number of ketones is 2. The molecule has 4 nitrogen and oxygen atoms in total. The van der Waals surface area contributed by atoms with Crippen molar-refractivity contribution in [3.05, 3.63) is 0 Å². The predicted octanol–water partition coefficient (Wildman–Crippen LogP) is 0.436. The van der Waals surface area contributed by atoms with Gasteiger partial charge in [0, 0.05) is 6.42 Å². The molecular formula is C9H15NO3. The van der Waals surface area contributed by atoms with E-state index >= 15 is 0 Å². The Morgan fingerprint density at radius 2 is 1.62 bits per heavy atom. The van der Waals surface area contributed by atoms with Crippen molar-refractivity contribution < 1.29 is 14.4 Å². The van der Waals surface area contributed by atoms with Gasteiger partial charge in [-0.2, -0.15) is 0 Å². The number of Topliss-reactive ketones (excluding diaryl/α,β-unsaturated/α-hetero) is 2. The molecule has 0 saturated carbocycles. The van der Waals surface area contributed by atoms with Crippen molar-refractivity contribution in [2.24, 2.45) is 11.7 Å². The summed E-state index contributed by atoms with van der Waals surface area (Å²) in [4.78, 5) is 32.2. The van der Waals surface area contributed by atoms with E-state index < -0.39 is 11.8 Å². The van der Waals surface area contributed by atoms with E-state index in [1.165, 1.54) is 13.8 Å². The molecule has 4 heteroatoms. The summed E-state index contributed by atoms with van der Waals surface area (Å²) in [5, 5.41) is 0. The molecule has 0 aliphatic rings. The summed E-state index contributed by atoms with van der Waals surface area (Å²) in [5.41, 5.74) is 4.92. The van der Waals surface area contributed by atoms with E-state index in [1.807, 2.05) is 0 Å². The molecule has 0 heterocycles. The monoisotopic (exact) mass is 185 g/mol. The molecule has 2 N–H and O–H groups in total. The molecule has 0 aliphatic carbocycles. The Morgan fingerprint density at radius 1 is 1.15 bits per heavy atom. The molecule has 0 rings (SSSR count). The van der Waals surface area contributed by atoms with E-state index in [0.717, 1.165) is 0 Å². The first-order chi connectivity index (χ1) is 5.95. The minimum atomic E-state index is -0.556. The topological polar surface area (TPSA) is 77.2 Å². The average molecular weight is 185 g/mol. The average Bonchev–Trinajstić information content (AvgIpc) is 1.95. The summed E-state index contributed by atoms with van der Waals surface area (Å²) in [6, 6.07) is 0. The van der Waals surface area contributed by atoms with E-state index in [4.69, 9.17) is 5.73 Å². The first kappa shape index (κ1) is 11.8. The van der Waals surface area contributed by atoms with Crippen molar-refractivity contribution in [2.75, 3.05) is 0 Å². The molecule has 13 heavy (non-hydrogen) atoms. The maximum absolute atomic E-state index is 10.9. The Kier molecular flexibility index (Phi) is 4.96. The van der Waals surface area contributed by atoms with E-state index in [2.05, 4.69) is 0 Å². The van der Waals surface area contributed by atoms with Crippen LogP contribution in [0.1, 0.15) is 33.1 Å². The highest BCUT2D eigenvalue weighted by atomic mass is 16.2. The fourth-order valence-corrected chi connectivity index (χ4v) is 1.17. The maximum Gasteiger partial charge on any atom is 0.217 e. The van der Waals surface area contributed by atoms with Crippen LogP contribution in [-0.2, 0) is 14.4 Å². The summed E-state index contributed by atoms with van der Waals surface area (Å²) in [5.74, 6) is -1.24. The minimum absolute atomic E-state index is 0.142. The molecule has 0 spiro atoms. The van der Waals surface area contributed by atoms with Crippen LogP contribution in [0.15, 0.2) is 0 Å². The van der Waals surface area contributed by atoms with Gasteiger partial charge in [-0.15, -0.1) is 0 Å². The summed E-state index contributed by atoms with van der Waals surface area (Å²) < 4.78 is 0. The minimum Gasteiger partial charge on any atom is -0.370 e. The van der Waals surface area contributed by atoms with Gasteiger partial charge in [0.25, 0.3) is 0 Å². The van der Waals surface area contributed by atoms with Crippen LogP contribution in [0.2, 0.25) is 0 Å². The van der Waals surface area contributed by atoms with E-state index in [9.17, 15) is 14.4 Å². The normalized spacial score (nSPS) is 10.1. The lowest BCUT2D eigenvalue weighted by atomic mass is 9.94. The molecule has 0 aromatic carbocycles. The highest BCUT2D eigenvalue weighted by molar-refractivity contribution is 6.00. The number of amides is 1. The van der Waals surface area contributed by atoms with Crippen LogP contribution in [-0.4, -0.2) is 17.5 Å². The Hall–Kier alpha value is -1.19. The number of nitrogens with two attached hydrogens (primary N) is 1. The number of rotatable bonds is 6. The van der Waals surface area contributed by atoms with Gasteiger partial charge >= 0.3 is 0 Å². The van der Waals surface area contributed by atoms with Crippen LogP contribution in [0.5, 0.6) is 0 Å².